The Labute approximate surface area is 117 Å². The molecule has 1 heterocycles. The molecule has 2 N–H and O–H groups in total. The SMILES string of the molecule is C=CC[C@@]1(Nc2ccccc2)C[C@H](C)[NH+](C)C[C@H]1C. The quantitative estimate of drug-likeness (QED) is 0.794. The van der Waals surface area contributed by atoms with Gasteiger partial charge in [-0.3, -0.25) is 0 Å². The third kappa shape index (κ3) is 3.01. The lowest BCUT2D eigenvalue weighted by atomic mass is 9.73. The summed E-state index contributed by atoms with van der Waals surface area (Å²) in [6, 6.07) is 11.3. The van der Waals surface area contributed by atoms with Gasteiger partial charge in [-0.1, -0.05) is 31.2 Å². The van der Waals surface area contributed by atoms with Crippen LogP contribution in [0.15, 0.2) is 43.0 Å². The molecule has 1 aromatic rings. The molecule has 0 amide bonds. The summed E-state index contributed by atoms with van der Waals surface area (Å²) >= 11 is 0. The first-order valence-corrected chi connectivity index (χ1v) is 7.34. The van der Waals surface area contributed by atoms with Crippen LogP contribution in [0.5, 0.6) is 0 Å². The monoisotopic (exact) mass is 259 g/mol. The van der Waals surface area contributed by atoms with Crippen LogP contribution in [0.4, 0.5) is 5.69 Å². The fourth-order valence-electron chi connectivity index (χ4n) is 3.38. The van der Waals surface area contributed by atoms with Crippen molar-refractivity contribution in [3.8, 4) is 0 Å². The predicted octanol–water partition coefficient (Wildman–Crippen LogP) is 2.36. The van der Waals surface area contributed by atoms with Gasteiger partial charge in [0, 0.05) is 18.0 Å². The Morgan fingerprint density at radius 3 is 2.68 bits per heavy atom. The van der Waals surface area contributed by atoms with Crippen LogP contribution in [0.25, 0.3) is 0 Å². The third-order valence-corrected chi connectivity index (χ3v) is 4.76. The summed E-state index contributed by atoms with van der Waals surface area (Å²) in [4.78, 5) is 1.64. The summed E-state index contributed by atoms with van der Waals surface area (Å²) in [7, 11) is 2.31. The molecule has 0 bridgehead atoms. The molecule has 104 valence electrons. The minimum Gasteiger partial charge on any atom is -0.379 e. The van der Waals surface area contributed by atoms with Gasteiger partial charge in [0.25, 0.3) is 0 Å². The number of quaternary nitrogens is 1. The molecule has 2 heteroatoms. The highest BCUT2D eigenvalue weighted by Gasteiger charge is 2.44. The van der Waals surface area contributed by atoms with Gasteiger partial charge in [-0.25, -0.2) is 0 Å². The lowest BCUT2D eigenvalue weighted by Crippen LogP contribution is -3.15. The number of anilines is 1. The molecule has 1 fully saturated rings. The Hall–Kier alpha value is -1.28. The lowest BCUT2D eigenvalue weighted by molar-refractivity contribution is -0.914. The van der Waals surface area contributed by atoms with Crippen LogP contribution >= 0.6 is 0 Å². The van der Waals surface area contributed by atoms with Crippen molar-refractivity contribution in [1.82, 2.24) is 0 Å². The standard InChI is InChI=1S/C17H26N2/c1-5-11-17(18-16-9-7-6-8-10-16)12-15(3)19(4)13-14(17)2/h5-10,14-15,18H,1,11-13H2,2-4H3/p+1/t14-,15+,17-/m1/s1. The fourth-order valence-corrected chi connectivity index (χ4v) is 3.38. The maximum absolute atomic E-state index is 3.97. The minimum atomic E-state index is 0.155. The average Bonchev–Trinajstić information content (AvgIpc) is 2.38. The second-order valence-electron chi connectivity index (χ2n) is 6.20. The molecule has 2 rings (SSSR count). The van der Waals surface area contributed by atoms with Crippen molar-refractivity contribution in [3.63, 3.8) is 0 Å². The molecular formula is C17H27N2+. The van der Waals surface area contributed by atoms with E-state index in [0.717, 1.165) is 6.42 Å². The first-order chi connectivity index (χ1) is 9.07. The van der Waals surface area contributed by atoms with Gasteiger partial charge < -0.3 is 10.2 Å². The second-order valence-corrected chi connectivity index (χ2v) is 6.20. The van der Waals surface area contributed by atoms with E-state index in [9.17, 15) is 0 Å². The number of hydrogen-bond acceptors (Lipinski definition) is 1. The number of rotatable bonds is 4. The zero-order chi connectivity index (χ0) is 13.9. The van der Waals surface area contributed by atoms with Crippen LogP contribution in [0, 0.1) is 5.92 Å². The average molecular weight is 259 g/mol. The molecule has 0 aromatic heterocycles. The van der Waals surface area contributed by atoms with E-state index in [-0.39, 0.29) is 5.54 Å². The van der Waals surface area contributed by atoms with Crippen LogP contribution in [0.1, 0.15) is 26.7 Å². The number of piperidine rings is 1. The van der Waals surface area contributed by atoms with E-state index in [1.165, 1.54) is 18.7 Å². The highest BCUT2D eigenvalue weighted by molar-refractivity contribution is 5.46. The number of nitrogens with one attached hydrogen (secondary N) is 2. The lowest BCUT2D eigenvalue weighted by Gasteiger charge is -2.47. The molecule has 1 saturated heterocycles. The molecule has 1 aliphatic rings. The van der Waals surface area contributed by atoms with Gasteiger partial charge in [-0.2, -0.15) is 0 Å². The minimum absolute atomic E-state index is 0.155. The Morgan fingerprint density at radius 2 is 2.05 bits per heavy atom. The molecule has 0 aliphatic carbocycles. The van der Waals surface area contributed by atoms with Gasteiger partial charge in [-0.15, -0.1) is 6.58 Å². The topological polar surface area (TPSA) is 16.5 Å². The summed E-state index contributed by atoms with van der Waals surface area (Å²) in [6.07, 6.45) is 4.29. The molecule has 19 heavy (non-hydrogen) atoms. The third-order valence-electron chi connectivity index (χ3n) is 4.76. The normalized spacial score (nSPS) is 34.8. The van der Waals surface area contributed by atoms with Crippen molar-refractivity contribution in [3.05, 3.63) is 43.0 Å². The van der Waals surface area contributed by atoms with Gasteiger partial charge >= 0.3 is 0 Å². The smallest absolute Gasteiger partial charge is 0.0867 e. The van der Waals surface area contributed by atoms with E-state index < -0.39 is 0 Å². The maximum Gasteiger partial charge on any atom is 0.0867 e. The Bertz CT molecular complexity index is 415. The summed E-state index contributed by atoms with van der Waals surface area (Å²) in [6.45, 7) is 9.91. The Kier molecular flexibility index (Phi) is 4.31. The van der Waals surface area contributed by atoms with Crippen molar-refractivity contribution < 1.29 is 4.90 Å². The van der Waals surface area contributed by atoms with E-state index in [4.69, 9.17) is 0 Å². The number of likely N-dealkylation sites (tertiary alicyclic amines) is 1. The molecule has 2 nitrogen and oxygen atoms in total. The summed E-state index contributed by atoms with van der Waals surface area (Å²) in [5.74, 6) is 0.641. The molecule has 1 unspecified atom stereocenters. The van der Waals surface area contributed by atoms with Crippen LogP contribution in [0.3, 0.4) is 0 Å². The first-order valence-electron chi connectivity index (χ1n) is 7.34. The van der Waals surface area contributed by atoms with Crippen molar-refractivity contribution >= 4 is 5.69 Å². The van der Waals surface area contributed by atoms with Crippen molar-refractivity contribution in [2.24, 2.45) is 5.92 Å². The van der Waals surface area contributed by atoms with E-state index in [1.807, 2.05) is 0 Å². The molecule has 0 saturated carbocycles. The predicted molar refractivity (Wildman–Crippen MR) is 82.6 cm³/mol. The van der Waals surface area contributed by atoms with Crippen LogP contribution < -0.4 is 10.2 Å². The molecule has 1 aliphatic heterocycles. The summed E-state index contributed by atoms with van der Waals surface area (Å²) < 4.78 is 0. The van der Waals surface area contributed by atoms with Gasteiger partial charge in [0.05, 0.1) is 25.2 Å². The number of benzene rings is 1. The van der Waals surface area contributed by atoms with Gasteiger partial charge in [-0.05, 0) is 25.5 Å². The second kappa shape index (κ2) is 5.79. The molecular weight excluding hydrogens is 232 g/mol. The highest BCUT2D eigenvalue weighted by Crippen LogP contribution is 2.33. The van der Waals surface area contributed by atoms with Crippen LogP contribution in [0.2, 0.25) is 0 Å². The first kappa shape index (κ1) is 14.1. The largest absolute Gasteiger partial charge is 0.379 e. The van der Waals surface area contributed by atoms with Gasteiger partial charge in [0.2, 0.25) is 0 Å². The highest BCUT2D eigenvalue weighted by atomic mass is 15.2. The molecule has 0 spiro atoms. The van der Waals surface area contributed by atoms with Crippen molar-refractivity contribution in [1.29, 1.82) is 0 Å². The number of para-hydroxylation sites is 1. The fraction of sp³-hybridized carbons (Fsp3) is 0.529. The van der Waals surface area contributed by atoms with Gasteiger partial charge in [0.1, 0.15) is 0 Å². The zero-order valence-corrected chi connectivity index (χ0v) is 12.4. The van der Waals surface area contributed by atoms with E-state index in [2.05, 4.69) is 69.2 Å². The summed E-state index contributed by atoms with van der Waals surface area (Å²) in [5.41, 5.74) is 1.38. The molecule has 4 atom stereocenters. The van der Waals surface area contributed by atoms with E-state index in [1.54, 1.807) is 4.90 Å². The Morgan fingerprint density at radius 1 is 1.37 bits per heavy atom. The van der Waals surface area contributed by atoms with E-state index in [0.29, 0.717) is 12.0 Å². The van der Waals surface area contributed by atoms with E-state index >= 15 is 0 Å². The number of hydrogen-bond donors (Lipinski definition) is 2. The van der Waals surface area contributed by atoms with Crippen LogP contribution in [-0.4, -0.2) is 25.2 Å². The molecule has 1 aromatic carbocycles. The maximum atomic E-state index is 3.97. The van der Waals surface area contributed by atoms with Crippen LogP contribution in [-0.2, 0) is 0 Å². The van der Waals surface area contributed by atoms with Crippen molar-refractivity contribution in [2.45, 2.75) is 38.3 Å². The summed E-state index contributed by atoms with van der Waals surface area (Å²) in [5, 5.41) is 3.81. The van der Waals surface area contributed by atoms with Gasteiger partial charge in [0.15, 0.2) is 0 Å². The zero-order valence-electron chi connectivity index (χ0n) is 12.4. The Balaban J connectivity index is 2.24. The molecule has 0 radical (unpaired) electrons. The van der Waals surface area contributed by atoms with Crippen molar-refractivity contribution in [2.75, 3.05) is 18.9 Å².